The first-order chi connectivity index (χ1) is 14.8. The van der Waals surface area contributed by atoms with Gasteiger partial charge in [-0.05, 0) is 63.9 Å². The Labute approximate surface area is 183 Å². The molecule has 1 aliphatic rings. The Morgan fingerprint density at radius 3 is 2.94 bits per heavy atom. The molecule has 0 spiro atoms. The molecule has 0 unspecified atom stereocenters. The zero-order chi connectivity index (χ0) is 22.0. The van der Waals surface area contributed by atoms with Gasteiger partial charge in [0, 0.05) is 42.8 Å². The van der Waals surface area contributed by atoms with Crippen LogP contribution in [-0.4, -0.2) is 74.0 Å². The number of nitrogens with one attached hydrogen (secondary N) is 1. The molecular weight excluding hydrogens is 392 g/mol. The van der Waals surface area contributed by atoms with E-state index >= 15 is 0 Å². The van der Waals surface area contributed by atoms with Crippen molar-refractivity contribution >= 4 is 17.0 Å². The van der Waals surface area contributed by atoms with Crippen molar-refractivity contribution in [2.24, 2.45) is 0 Å². The van der Waals surface area contributed by atoms with Gasteiger partial charge in [-0.1, -0.05) is 6.07 Å². The first kappa shape index (κ1) is 21.4. The fourth-order valence-corrected chi connectivity index (χ4v) is 4.11. The summed E-state index contributed by atoms with van der Waals surface area (Å²) in [5, 5.41) is 5.45. The predicted molar refractivity (Wildman–Crippen MR) is 120 cm³/mol. The molecule has 3 aromatic rings. The number of benzene rings is 1. The summed E-state index contributed by atoms with van der Waals surface area (Å²) in [5.74, 6) is 0. The Bertz CT molecular complexity index is 1020. The minimum atomic E-state index is -0.455. The number of nitrogens with zero attached hydrogens (tertiary/aromatic N) is 5. The maximum atomic E-state index is 12.3. The molecule has 1 N–H and O–H groups in total. The van der Waals surface area contributed by atoms with E-state index < -0.39 is 5.60 Å². The van der Waals surface area contributed by atoms with Crippen LogP contribution in [0.3, 0.4) is 0 Å². The number of fused-ring (bicyclic) bond motifs is 1. The normalized spacial score (nSPS) is 17.1. The van der Waals surface area contributed by atoms with Crippen LogP contribution in [-0.2, 0) is 17.7 Å². The van der Waals surface area contributed by atoms with E-state index in [1.165, 1.54) is 16.5 Å². The van der Waals surface area contributed by atoms with E-state index in [0.717, 1.165) is 38.0 Å². The minimum absolute atomic E-state index is 0.208. The number of ether oxygens (including phenoxy) is 1. The molecule has 1 fully saturated rings. The van der Waals surface area contributed by atoms with E-state index in [2.05, 4.69) is 51.4 Å². The summed E-state index contributed by atoms with van der Waals surface area (Å²) < 4.78 is 7.35. The van der Waals surface area contributed by atoms with E-state index in [0.29, 0.717) is 12.6 Å². The lowest BCUT2D eigenvalue weighted by atomic mass is 10.1. The molecule has 1 aliphatic heterocycles. The molecule has 1 aromatic carbocycles. The van der Waals surface area contributed by atoms with Gasteiger partial charge in [0.05, 0.1) is 6.54 Å². The first-order valence-electron chi connectivity index (χ1n) is 10.9. The van der Waals surface area contributed by atoms with Crippen molar-refractivity contribution in [1.29, 1.82) is 0 Å². The molecule has 3 heterocycles. The number of H-pyrrole nitrogens is 1. The molecule has 1 amide bonds. The topological polar surface area (TPSA) is 79.3 Å². The standard InChI is InChI=1S/C23H32N6O2/c1-23(2,3)31-22(30)28-10-8-19(14-28)27(4)9-7-18-12-25-21-6-5-17(11-20(18)21)13-29-16-24-15-26-29/h5-6,11-12,15-16,19,25H,7-10,13-14H2,1-4H3/t19-/m0/s1. The summed E-state index contributed by atoms with van der Waals surface area (Å²) >= 11 is 0. The smallest absolute Gasteiger partial charge is 0.410 e. The number of likely N-dealkylation sites (tertiary alicyclic amines) is 1. The highest BCUT2D eigenvalue weighted by Gasteiger charge is 2.31. The lowest BCUT2D eigenvalue weighted by Gasteiger charge is -2.26. The summed E-state index contributed by atoms with van der Waals surface area (Å²) in [5.41, 5.74) is 3.21. The summed E-state index contributed by atoms with van der Waals surface area (Å²) in [6.45, 7) is 8.84. The number of aromatic amines is 1. The van der Waals surface area contributed by atoms with Crippen molar-refractivity contribution in [3.8, 4) is 0 Å². The van der Waals surface area contributed by atoms with E-state index in [1.54, 1.807) is 12.7 Å². The molecular formula is C23H32N6O2. The van der Waals surface area contributed by atoms with Crippen LogP contribution >= 0.6 is 0 Å². The molecule has 1 atom stereocenters. The zero-order valence-corrected chi connectivity index (χ0v) is 18.8. The maximum absolute atomic E-state index is 12.3. The molecule has 166 valence electrons. The van der Waals surface area contributed by atoms with Crippen molar-refractivity contribution in [3.63, 3.8) is 0 Å². The van der Waals surface area contributed by atoms with E-state index in [4.69, 9.17) is 4.74 Å². The molecule has 2 aromatic heterocycles. The first-order valence-corrected chi connectivity index (χ1v) is 10.9. The van der Waals surface area contributed by atoms with E-state index in [-0.39, 0.29) is 6.09 Å². The fourth-order valence-electron chi connectivity index (χ4n) is 4.11. The van der Waals surface area contributed by atoms with Gasteiger partial charge in [0.1, 0.15) is 18.3 Å². The van der Waals surface area contributed by atoms with Crippen LogP contribution in [0.5, 0.6) is 0 Å². The molecule has 8 heteroatoms. The number of amides is 1. The van der Waals surface area contributed by atoms with Crippen LogP contribution in [0.1, 0.15) is 38.3 Å². The number of aromatic nitrogens is 4. The van der Waals surface area contributed by atoms with Crippen LogP contribution in [0.25, 0.3) is 10.9 Å². The number of rotatable bonds is 6. The fraction of sp³-hybridized carbons (Fsp3) is 0.522. The Hall–Kier alpha value is -2.87. The minimum Gasteiger partial charge on any atom is -0.444 e. The van der Waals surface area contributed by atoms with Crippen LogP contribution in [0.4, 0.5) is 4.79 Å². The molecule has 31 heavy (non-hydrogen) atoms. The summed E-state index contributed by atoms with van der Waals surface area (Å²) in [6, 6.07) is 6.86. The Morgan fingerprint density at radius 1 is 1.35 bits per heavy atom. The van der Waals surface area contributed by atoms with Crippen molar-refractivity contribution in [3.05, 3.63) is 48.2 Å². The molecule has 0 saturated carbocycles. The quantitative estimate of drug-likeness (QED) is 0.657. The van der Waals surface area contributed by atoms with Gasteiger partial charge in [-0.25, -0.2) is 14.5 Å². The summed E-state index contributed by atoms with van der Waals surface area (Å²) in [6.07, 6.45) is 7.12. The summed E-state index contributed by atoms with van der Waals surface area (Å²) in [7, 11) is 2.15. The average Bonchev–Trinajstić information content (AvgIpc) is 3.46. The average molecular weight is 425 g/mol. The Kier molecular flexibility index (Phi) is 6.00. The predicted octanol–water partition coefficient (Wildman–Crippen LogP) is 3.29. The van der Waals surface area contributed by atoms with Crippen LogP contribution in [0.15, 0.2) is 37.1 Å². The number of carbonyl (C=O) groups is 1. The molecule has 4 rings (SSSR count). The molecule has 0 aliphatic carbocycles. The van der Waals surface area contributed by atoms with Gasteiger partial charge in [-0.15, -0.1) is 0 Å². The highest BCUT2D eigenvalue weighted by atomic mass is 16.6. The lowest BCUT2D eigenvalue weighted by Crippen LogP contribution is -2.39. The molecule has 0 radical (unpaired) electrons. The highest BCUT2D eigenvalue weighted by molar-refractivity contribution is 5.83. The summed E-state index contributed by atoms with van der Waals surface area (Å²) in [4.78, 5) is 23.9. The van der Waals surface area contributed by atoms with Gasteiger partial charge in [-0.2, -0.15) is 5.10 Å². The maximum Gasteiger partial charge on any atom is 0.410 e. The number of likely N-dealkylation sites (N-methyl/N-ethyl adjacent to an activating group) is 1. The van der Waals surface area contributed by atoms with Crippen molar-refractivity contribution in [1.82, 2.24) is 29.5 Å². The molecule has 0 bridgehead atoms. The van der Waals surface area contributed by atoms with E-state index in [9.17, 15) is 4.79 Å². The van der Waals surface area contributed by atoms with Crippen molar-refractivity contribution < 1.29 is 9.53 Å². The van der Waals surface area contributed by atoms with Gasteiger partial charge in [0.15, 0.2) is 0 Å². The van der Waals surface area contributed by atoms with Crippen LogP contribution in [0.2, 0.25) is 0 Å². The molecule has 8 nitrogen and oxygen atoms in total. The largest absolute Gasteiger partial charge is 0.444 e. The van der Waals surface area contributed by atoms with Gasteiger partial charge >= 0.3 is 6.09 Å². The van der Waals surface area contributed by atoms with Gasteiger partial charge < -0.3 is 19.5 Å². The second-order valence-electron chi connectivity index (χ2n) is 9.39. The molecule has 1 saturated heterocycles. The number of hydrogen-bond donors (Lipinski definition) is 1. The third-order valence-electron chi connectivity index (χ3n) is 5.82. The van der Waals surface area contributed by atoms with Crippen LogP contribution in [0, 0.1) is 0 Å². The van der Waals surface area contributed by atoms with Crippen molar-refractivity contribution in [2.75, 3.05) is 26.7 Å². The van der Waals surface area contributed by atoms with Crippen LogP contribution < -0.4 is 0 Å². The van der Waals surface area contributed by atoms with Crippen molar-refractivity contribution in [2.45, 2.75) is 51.8 Å². The van der Waals surface area contributed by atoms with E-state index in [1.807, 2.05) is 30.4 Å². The highest BCUT2D eigenvalue weighted by Crippen LogP contribution is 2.23. The Balaban J connectivity index is 1.35. The lowest BCUT2D eigenvalue weighted by molar-refractivity contribution is 0.0282. The van der Waals surface area contributed by atoms with Gasteiger partial charge in [0.2, 0.25) is 0 Å². The SMILES string of the molecule is CN(CCc1c[nH]c2ccc(Cn3cncn3)cc12)[C@H]1CCN(C(=O)OC(C)(C)C)C1. The number of carbonyl (C=O) groups excluding carboxylic acids is 1. The third-order valence-corrected chi connectivity index (χ3v) is 5.82. The monoisotopic (exact) mass is 424 g/mol. The van der Waals surface area contributed by atoms with Gasteiger partial charge in [0.25, 0.3) is 0 Å². The third kappa shape index (κ3) is 5.25. The van der Waals surface area contributed by atoms with Gasteiger partial charge in [-0.3, -0.25) is 0 Å². The zero-order valence-electron chi connectivity index (χ0n) is 18.8. The second kappa shape index (κ2) is 8.70. The second-order valence-corrected chi connectivity index (χ2v) is 9.39. The Morgan fingerprint density at radius 2 is 2.19 bits per heavy atom. The number of hydrogen-bond acceptors (Lipinski definition) is 5.